The van der Waals surface area contributed by atoms with Crippen LogP contribution >= 0.6 is 23.1 Å². The van der Waals surface area contributed by atoms with Crippen LogP contribution in [-0.4, -0.2) is 58.6 Å². The number of fused-ring (bicyclic) bond motifs is 1. The molecule has 1 aliphatic carbocycles. The number of methoxy groups -OCH3 is 2. The van der Waals surface area contributed by atoms with Gasteiger partial charge in [-0.25, -0.2) is 4.79 Å². The van der Waals surface area contributed by atoms with E-state index in [-0.39, 0.29) is 25.0 Å². The molecule has 3 aromatic rings. The Hall–Kier alpha value is -3.58. The number of carbonyl (C=O) groups excluding carboxylic acids is 3. The van der Waals surface area contributed by atoms with Crippen LogP contribution in [-0.2, 0) is 36.0 Å². The molecule has 0 aliphatic heterocycles. The first-order chi connectivity index (χ1) is 19.2. The van der Waals surface area contributed by atoms with Crippen molar-refractivity contribution in [3.05, 3.63) is 45.6 Å². The van der Waals surface area contributed by atoms with Crippen molar-refractivity contribution in [1.82, 2.24) is 20.1 Å². The second-order valence-electron chi connectivity index (χ2n) is 9.13. The number of amides is 2. The summed E-state index contributed by atoms with van der Waals surface area (Å²) in [6.07, 6.45) is 3.79. The summed E-state index contributed by atoms with van der Waals surface area (Å²) < 4.78 is 17.5. The number of thiophene rings is 1. The van der Waals surface area contributed by atoms with Crippen molar-refractivity contribution < 1.29 is 28.6 Å². The summed E-state index contributed by atoms with van der Waals surface area (Å²) in [7, 11) is 4.81. The Labute approximate surface area is 241 Å². The molecule has 1 atom stereocenters. The maximum Gasteiger partial charge on any atom is 0.341 e. The van der Waals surface area contributed by atoms with Crippen LogP contribution in [0.4, 0.5) is 5.00 Å². The normalized spacial score (nSPS) is 13.2. The smallest absolute Gasteiger partial charge is 0.341 e. The van der Waals surface area contributed by atoms with Crippen LogP contribution in [0.1, 0.15) is 63.7 Å². The first-order valence-corrected chi connectivity index (χ1v) is 14.6. The fourth-order valence-corrected chi connectivity index (χ4v) is 6.41. The van der Waals surface area contributed by atoms with Gasteiger partial charge in [-0.15, -0.1) is 21.5 Å². The molecule has 1 aliphatic rings. The quantitative estimate of drug-likeness (QED) is 0.252. The lowest BCUT2D eigenvalue weighted by Crippen LogP contribution is -2.25. The van der Waals surface area contributed by atoms with Crippen molar-refractivity contribution in [2.75, 3.05) is 26.1 Å². The first-order valence-electron chi connectivity index (χ1n) is 12.9. The highest BCUT2D eigenvalue weighted by Crippen LogP contribution is 2.39. The van der Waals surface area contributed by atoms with Gasteiger partial charge in [-0.3, -0.25) is 9.59 Å². The molecule has 0 spiro atoms. The van der Waals surface area contributed by atoms with Gasteiger partial charge in [-0.1, -0.05) is 11.8 Å². The van der Waals surface area contributed by atoms with Gasteiger partial charge in [0, 0.05) is 23.6 Å². The van der Waals surface area contributed by atoms with Crippen molar-refractivity contribution in [1.29, 1.82) is 0 Å². The molecule has 0 bridgehead atoms. The molecule has 2 N–H and O–H groups in total. The summed E-state index contributed by atoms with van der Waals surface area (Å²) in [4.78, 5) is 39.7. The van der Waals surface area contributed by atoms with E-state index < -0.39 is 11.2 Å². The molecule has 2 heterocycles. The molecule has 2 aromatic heterocycles. The average Bonchev–Trinajstić information content (AvgIpc) is 3.50. The van der Waals surface area contributed by atoms with Gasteiger partial charge in [-0.2, -0.15) is 0 Å². The molecule has 2 amide bonds. The van der Waals surface area contributed by atoms with E-state index in [9.17, 15) is 14.4 Å². The second-order valence-corrected chi connectivity index (χ2v) is 11.5. The van der Waals surface area contributed by atoms with Crippen LogP contribution in [0.3, 0.4) is 0 Å². The lowest BCUT2D eigenvalue weighted by Gasteiger charge is -2.13. The highest BCUT2D eigenvalue weighted by atomic mass is 32.2. The SMILES string of the molecule is CCOC(=O)c1c(NC(=O)[C@@H](C)Sc2nnc(CNC(=O)c3cc(OC)cc(OC)c3)n2C)sc2c1CCCC2. The van der Waals surface area contributed by atoms with E-state index in [0.717, 1.165) is 36.1 Å². The van der Waals surface area contributed by atoms with E-state index in [1.807, 2.05) is 0 Å². The Morgan fingerprint density at radius 3 is 2.48 bits per heavy atom. The lowest BCUT2D eigenvalue weighted by atomic mass is 9.95. The molecule has 214 valence electrons. The third-order valence-electron chi connectivity index (χ3n) is 6.48. The standard InChI is InChI=1S/C27H33N5O6S2/c1-6-38-26(35)22-19-9-7-8-10-20(19)40-25(22)29-23(33)15(2)39-27-31-30-21(32(27)3)14-28-24(34)16-11-17(36-4)13-18(12-16)37-5/h11-13,15H,6-10,14H2,1-5H3,(H,28,34)(H,29,33)/t15-/m1/s1. The highest BCUT2D eigenvalue weighted by molar-refractivity contribution is 8.00. The number of hydrogen-bond acceptors (Lipinski definition) is 10. The average molecular weight is 588 g/mol. The van der Waals surface area contributed by atoms with Gasteiger partial charge in [0.2, 0.25) is 5.91 Å². The molecular formula is C27H33N5O6S2. The van der Waals surface area contributed by atoms with Gasteiger partial charge < -0.3 is 29.4 Å². The van der Waals surface area contributed by atoms with Crippen molar-refractivity contribution in [2.24, 2.45) is 7.05 Å². The van der Waals surface area contributed by atoms with E-state index in [1.54, 1.807) is 43.7 Å². The Kier molecular flexibility index (Phi) is 9.69. The highest BCUT2D eigenvalue weighted by Gasteiger charge is 2.29. The van der Waals surface area contributed by atoms with E-state index in [1.165, 1.54) is 37.3 Å². The number of nitrogens with zero attached hydrogens (tertiary/aromatic N) is 3. The third-order valence-corrected chi connectivity index (χ3v) is 8.83. The molecular weight excluding hydrogens is 554 g/mol. The minimum Gasteiger partial charge on any atom is -0.497 e. The summed E-state index contributed by atoms with van der Waals surface area (Å²) in [5, 5.41) is 14.7. The minimum absolute atomic E-state index is 0.132. The Morgan fingerprint density at radius 1 is 1.10 bits per heavy atom. The molecule has 0 unspecified atom stereocenters. The summed E-state index contributed by atoms with van der Waals surface area (Å²) in [6, 6.07) is 4.92. The van der Waals surface area contributed by atoms with Crippen LogP contribution in [0.5, 0.6) is 11.5 Å². The van der Waals surface area contributed by atoms with Crippen LogP contribution in [0.2, 0.25) is 0 Å². The van der Waals surface area contributed by atoms with Crippen LogP contribution < -0.4 is 20.1 Å². The molecule has 40 heavy (non-hydrogen) atoms. The third kappa shape index (κ3) is 6.58. The van der Waals surface area contributed by atoms with Gasteiger partial charge >= 0.3 is 5.97 Å². The zero-order chi connectivity index (χ0) is 28.8. The number of benzene rings is 1. The largest absolute Gasteiger partial charge is 0.497 e. The molecule has 0 fully saturated rings. The van der Waals surface area contributed by atoms with Crippen molar-refractivity contribution in [2.45, 2.75) is 56.5 Å². The van der Waals surface area contributed by atoms with E-state index in [2.05, 4.69) is 20.8 Å². The van der Waals surface area contributed by atoms with Crippen LogP contribution in [0.25, 0.3) is 0 Å². The summed E-state index contributed by atoms with van der Waals surface area (Å²) in [6.45, 7) is 3.94. The predicted molar refractivity (Wildman–Crippen MR) is 153 cm³/mol. The number of aromatic nitrogens is 3. The van der Waals surface area contributed by atoms with E-state index in [0.29, 0.717) is 38.6 Å². The van der Waals surface area contributed by atoms with Gasteiger partial charge in [0.1, 0.15) is 16.5 Å². The molecule has 1 aromatic carbocycles. The van der Waals surface area contributed by atoms with Gasteiger partial charge in [0.25, 0.3) is 5.91 Å². The Morgan fingerprint density at radius 2 is 1.80 bits per heavy atom. The monoisotopic (exact) mass is 587 g/mol. The molecule has 13 heteroatoms. The molecule has 0 saturated carbocycles. The second kappa shape index (κ2) is 13.2. The van der Waals surface area contributed by atoms with Crippen molar-refractivity contribution in [3.8, 4) is 11.5 Å². The predicted octanol–water partition coefficient (Wildman–Crippen LogP) is 4.00. The number of anilines is 1. The summed E-state index contributed by atoms with van der Waals surface area (Å²) in [5.74, 6) is 0.563. The van der Waals surface area contributed by atoms with E-state index >= 15 is 0 Å². The number of ether oxygens (including phenoxy) is 3. The number of nitrogens with one attached hydrogen (secondary N) is 2. The zero-order valence-corrected chi connectivity index (χ0v) is 24.8. The van der Waals surface area contributed by atoms with E-state index in [4.69, 9.17) is 14.2 Å². The fraction of sp³-hybridized carbons (Fsp3) is 0.444. The van der Waals surface area contributed by atoms with Gasteiger partial charge in [0.05, 0.1) is 38.2 Å². The summed E-state index contributed by atoms with van der Waals surface area (Å²) >= 11 is 2.69. The van der Waals surface area contributed by atoms with Crippen LogP contribution in [0.15, 0.2) is 23.4 Å². The Bertz CT molecular complexity index is 1380. The maximum absolute atomic E-state index is 13.1. The maximum atomic E-state index is 13.1. The number of hydrogen-bond donors (Lipinski definition) is 2. The number of rotatable bonds is 11. The van der Waals surface area contributed by atoms with Crippen molar-refractivity contribution >= 4 is 45.9 Å². The molecule has 0 radical (unpaired) electrons. The topological polar surface area (TPSA) is 134 Å². The van der Waals surface area contributed by atoms with Gasteiger partial charge in [-0.05, 0) is 57.2 Å². The lowest BCUT2D eigenvalue weighted by molar-refractivity contribution is -0.115. The minimum atomic E-state index is -0.524. The molecule has 11 nitrogen and oxygen atoms in total. The fourth-order valence-electron chi connectivity index (χ4n) is 4.30. The van der Waals surface area contributed by atoms with Crippen LogP contribution in [0, 0.1) is 0 Å². The molecule has 0 saturated heterocycles. The number of carbonyl (C=O) groups is 3. The van der Waals surface area contributed by atoms with Crippen molar-refractivity contribution in [3.63, 3.8) is 0 Å². The summed E-state index contributed by atoms with van der Waals surface area (Å²) in [5.41, 5.74) is 1.87. The number of aryl methyl sites for hydroxylation is 1. The molecule has 4 rings (SSSR count). The number of thioether (sulfide) groups is 1. The first kappa shape index (κ1) is 29.4. The number of esters is 1. The van der Waals surface area contributed by atoms with Gasteiger partial charge in [0.15, 0.2) is 11.0 Å². The Balaban J connectivity index is 1.40. The zero-order valence-electron chi connectivity index (χ0n) is 23.2.